The van der Waals surface area contributed by atoms with Crippen LogP contribution in [0.5, 0.6) is 5.75 Å². The molecule has 1 atom stereocenters. The molecule has 0 aliphatic carbocycles. The largest absolute Gasteiger partial charge is 0.507 e. The van der Waals surface area contributed by atoms with Gasteiger partial charge in [0.25, 0.3) is 0 Å². The maximum Gasteiger partial charge on any atom is 0.341 e. The average Bonchev–Trinajstić information content (AvgIpc) is 2.43. The van der Waals surface area contributed by atoms with Gasteiger partial charge in [0.2, 0.25) is 0 Å². The van der Waals surface area contributed by atoms with Gasteiger partial charge >= 0.3 is 14.5 Å². The van der Waals surface area contributed by atoms with E-state index in [4.69, 9.17) is 13.0 Å². The molecule has 8 heteroatoms. The van der Waals surface area contributed by atoms with Crippen molar-refractivity contribution in [2.45, 2.75) is 65.2 Å². The van der Waals surface area contributed by atoms with Crippen LogP contribution in [0.1, 0.15) is 22.8 Å². The number of rotatable bonds is 9. The van der Waals surface area contributed by atoms with Crippen LogP contribution in [0, 0.1) is 5.92 Å². The predicted octanol–water partition coefficient (Wildman–Crippen LogP) is 5.13. The molecular formula is C19H36O5Si3. The highest BCUT2D eigenvalue weighted by Gasteiger charge is 2.41. The molecule has 1 N–H and O–H groups in total. The molecule has 1 unspecified atom stereocenters. The SMILES string of the molecule is COC(=O)c1cccc(CC(C)C[Si](C)(O[Si](C)(C)C)O[Si](C)(C)C)c1O. The number of carbonyl (C=O) groups is 1. The molecule has 0 saturated heterocycles. The highest BCUT2D eigenvalue weighted by molar-refractivity contribution is 6.87. The zero-order valence-electron chi connectivity index (χ0n) is 18.3. The van der Waals surface area contributed by atoms with E-state index in [2.05, 4.69) is 52.8 Å². The van der Waals surface area contributed by atoms with Crippen molar-refractivity contribution in [2.24, 2.45) is 5.92 Å². The van der Waals surface area contributed by atoms with Gasteiger partial charge in [-0.25, -0.2) is 4.79 Å². The van der Waals surface area contributed by atoms with Gasteiger partial charge in [-0.1, -0.05) is 19.1 Å². The van der Waals surface area contributed by atoms with Crippen molar-refractivity contribution < 1.29 is 22.9 Å². The lowest BCUT2D eigenvalue weighted by molar-refractivity contribution is 0.0597. The first kappa shape index (κ1) is 24.1. The molecule has 0 spiro atoms. The molecule has 5 nitrogen and oxygen atoms in total. The number of benzene rings is 1. The van der Waals surface area contributed by atoms with Crippen LogP contribution in [-0.2, 0) is 19.4 Å². The standard InChI is InChI=1S/C19H36O5Si3/c1-15(13-16-11-10-12-17(18(16)20)19(21)22-2)14-27(9,23-25(3,4)5)24-26(6,7)8/h10-12,15,20H,13-14H2,1-9H3. The zero-order valence-corrected chi connectivity index (χ0v) is 21.3. The Balaban J connectivity index is 3.00. The summed E-state index contributed by atoms with van der Waals surface area (Å²) in [5.74, 6) is -0.254. The van der Waals surface area contributed by atoms with Gasteiger partial charge in [-0.05, 0) is 75.8 Å². The Morgan fingerprint density at radius 3 is 2.00 bits per heavy atom. The molecule has 1 aromatic rings. The lowest BCUT2D eigenvalue weighted by atomic mass is 9.99. The van der Waals surface area contributed by atoms with E-state index in [0.717, 1.165) is 11.6 Å². The summed E-state index contributed by atoms with van der Waals surface area (Å²) in [6, 6.07) is 6.07. The first-order valence-electron chi connectivity index (χ1n) is 9.45. The van der Waals surface area contributed by atoms with Gasteiger partial charge in [0.05, 0.1) is 7.11 Å². The first-order chi connectivity index (χ1) is 12.2. The second-order valence-corrected chi connectivity index (χ2v) is 22.1. The van der Waals surface area contributed by atoms with E-state index in [-0.39, 0.29) is 17.2 Å². The molecule has 27 heavy (non-hydrogen) atoms. The number of phenolic OH excluding ortho intramolecular Hbond substituents is 1. The number of phenols is 1. The molecule has 0 radical (unpaired) electrons. The third-order valence-electron chi connectivity index (χ3n) is 3.86. The summed E-state index contributed by atoms with van der Waals surface area (Å²) >= 11 is 0. The fraction of sp³-hybridized carbons (Fsp3) is 0.632. The van der Waals surface area contributed by atoms with Crippen LogP contribution >= 0.6 is 0 Å². The molecule has 0 amide bonds. The van der Waals surface area contributed by atoms with Crippen molar-refractivity contribution >= 4 is 31.2 Å². The van der Waals surface area contributed by atoms with E-state index in [1.807, 2.05) is 6.07 Å². The number of methoxy groups -OCH3 is 1. The Labute approximate surface area is 167 Å². The van der Waals surface area contributed by atoms with Crippen molar-refractivity contribution in [3.8, 4) is 5.75 Å². The van der Waals surface area contributed by atoms with Gasteiger partial charge in [0.15, 0.2) is 16.6 Å². The molecule has 0 saturated carbocycles. The number of aromatic hydroxyl groups is 1. The van der Waals surface area contributed by atoms with Crippen molar-refractivity contribution in [1.82, 2.24) is 0 Å². The molecular weight excluding hydrogens is 392 g/mol. The van der Waals surface area contributed by atoms with E-state index in [9.17, 15) is 9.90 Å². The second kappa shape index (κ2) is 9.04. The number of hydrogen-bond acceptors (Lipinski definition) is 5. The molecule has 0 aromatic heterocycles. The van der Waals surface area contributed by atoms with Crippen LogP contribution in [0.3, 0.4) is 0 Å². The smallest absolute Gasteiger partial charge is 0.341 e. The van der Waals surface area contributed by atoms with Gasteiger partial charge in [-0.3, -0.25) is 0 Å². The Hall–Kier alpha value is -0.939. The summed E-state index contributed by atoms with van der Waals surface area (Å²) in [7, 11) is -4.52. The Morgan fingerprint density at radius 1 is 1.04 bits per heavy atom. The van der Waals surface area contributed by atoms with Crippen LogP contribution < -0.4 is 0 Å². The van der Waals surface area contributed by atoms with Crippen LogP contribution in [0.4, 0.5) is 0 Å². The van der Waals surface area contributed by atoms with Gasteiger partial charge in [0, 0.05) is 0 Å². The lowest BCUT2D eigenvalue weighted by Gasteiger charge is -2.39. The van der Waals surface area contributed by atoms with Crippen LogP contribution in [0.25, 0.3) is 0 Å². The monoisotopic (exact) mass is 428 g/mol. The van der Waals surface area contributed by atoms with Crippen LogP contribution in [0.15, 0.2) is 18.2 Å². The van der Waals surface area contributed by atoms with Crippen molar-refractivity contribution in [2.75, 3.05) is 7.11 Å². The maximum atomic E-state index is 11.8. The fourth-order valence-electron chi connectivity index (χ4n) is 3.51. The summed E-state index contributed by atoms with van der Waals surface area (Å²) in [6.07, 6.45) is 0.656. The lowest BCUT2D eigenvalue weighted by Crippen LogP contribution is -2.53. The number of esters is 1. The second-order valence-electron chi connectivity index (χ2n) is 9.38. The number of ether oxygens (including phenoxy) is 1. The van der Waals surface area contributed by atoms with Crippen molar-refractivity contribution in [3.63, 3.8) is 0 Å². The predicted molar refractivity (Wildman–Crippen MR) is 118 cm³/mol. The van der Waals surface area contributed by atoms with Crippen LogP contribution in [-0.4, -0.2) is 43.4 Å². The summed E-state index contributed by atoms with van der Waals surface area (Å²) in [6.45, 7) is 17.5. The Bertz CT molecular complexity index is 634. The third-order valence-corrected chi connectivity index (χ3v) is 13.6. The minimum atomic E-state index is -2.35. The fourth-order valence-corrected chi connectivity index (χ4v) is 16.5. The van der Waals surface area contributed by atoms with E-state index in [1.165, 1.54) is 7.11 Å². The summed E-state index contributed by atoms with van der Waals surface area (Å²) in [5, 5.41) is 10.5. The molecule has 0 fully saturated rings. The minimum absolute atomic E-state index is 0.0109. The topological polar surface area (TPSA) is 65.0 Å². The van der Waals surface area contributed by atoms with Gasteiger partial charge in [-0.2, -0.15) is 0 Å². The van der Waals surface area contributed by atoms with Gasteiger partial charge in [0.1, 0.15) is 11.3 Å². The number of carbonyl (C=O) groups excluding carboxylic acids is 1. The highest BCUT2D eigenvalue weighted by atomic mass is 28.5. The molecule has 1 rings (SSSR count). The number of para-hydroxylation sites is 1. The normalized spacial score (nSPS) is 14.1. The van der Waals surface area contributed by atoms with Gasteiger partial charge in [-0.15, -0.1) is 0 Å². The molecule has 0 bridgehead atoms. The molecule has 154 valence electrons. The summed E-state index contributed by atoms with van der Waals surface area (Å²) < 4.78 is 17.9. The highest BCUT2D eigenvalue weighted by Crippen LogP contribution is 2.31. The van der Waals surface area contributed by atoms with Crippen molar-refractivity contribution in [3.05, 3.63) is 29.3 Å². The van der Waals surface area contributed by atoms with E-state index < -0.39 is 31.2 Å². The van der Waals surface area contributed by atoms with Crippen molar-refractivity contribution in [1.29, 1.82) is 0 Å². The molecule has 0 aliphatic heterocycles. The third kappa shape index (κ3) is 8.30. The van der Waals surface area contributed by atoms with Gasteiger partial charge < -0.3 is 18.1 Å². The Morgan fingerprint density at radius 2 is 1.56 bits per heavy atom. The van der Waals surface area contributed by atoms with E-state index in [1.54, 1.807) is 12.1 Å². The average molecular weight is 429 g/mol. The Kier molecular flexibility index (Phi) is 8.07. The van der Waals surface area contributed by atoms with E-state index >= 15 is 0 Å². The maximum absolute atomic E-state index is 11.8. The first-order valence-corrected chi connectivity index (χ1v) is 18.8. The summed E-state index contributed by atoms with van der Waals surface area (Å²) in [4.78, 5) is 11.8. The quantitative estimate of drug-likeness (QED) is 0.436. The number of hydrogen-bond donors (Lipinski definition) is 1. The van der Waals surface area contributed by atoms with E-state index in [0.29, 0.717) is 6.42 Å². The summed E-state index contributed by atoms with van der Waals surface area (Å²) in [5.41, 5.74) is 0.960. The molecule has 0 aliphatic rings. The zero-order chi connectivity index (χ0) is 21.0. The van der Waals surface area contributed by atoms with Crippen LogP contribution in [0.2, 0.25) is 51.9 Å². The minimum Gasteiger partial charge on any atom is -0.507 e. The molecule has 1 aromatic carbocycles. The molecule has 0 heterocycles.